The number of para-hydroxylation sites is 1. The molecule has 2 aromatic carbocycles. The third-order valence-electron chi connectivity index (χ3n) is 3.23. The van der Waals surface area contributed by atoms with Crippen LogP contribution >= 0.6 is 0 Å². The molecule has 0 atom stereocenters. The Hall–Kier alpha value is -3.08. The molecule has 0 aliphatic carbocycles. The van der Waals surface area contributed by atoms with Crippen molar-refractivity contribution in [3.8, 4) is 5.75 Å². The van der Waals surface area contributed by atoms with Gasteiger partial charge in [0.15, 0.2) is 0 Å². The second-order valence-corrected chi connectivity index (χ2v) is 4.93. The third kappa shape index (κ3) is 4.20. The van der Waals surface area contributed by atoms with Crippen LogP contribution in [-0.2, 0) is 4.79 Å². The van der Waals surface area contributed by atoms with Crippen molar-refractivity contribution in [1.82, 2.24) is 5.32 Å². The Bertz CT molecular complexity index is 748. The predicted octanol–water partition coefficient (Wildman–Crippen LogP) is 2.86. The van der Waals surface area contributed by atoms with E-state index in [1.807, 2.05) is 6.92 Å². The summed E-state index contributed by atoms with van der Waals surface area (Å²) in [5, 5.41) is 11.7. The molecule has 2 rings (SSSR count). The van der Waals surface area contributed by atoms with Gasteiger partial charge < -0.3 is 15.2 Å². The van der Waals surface area contributed by atoms with Gasteiger partial charge in [0.05, 0.1) is 7.11 Å². The SMILES string of the molecule is COc1ccccc1/C=C(/NC(=O)c1ccc(C)cc1)C(=O)O. The minimum Gasteiger partial charge on any atom is -0.496 e. The monoisotopic (exact) mass is 311 g/mol. The molecule has 0 saturated carbocycles. The minimum absolute atomic E-state index is 0.222. The van der Waals surface area contributed by atoms with Crippen molar-refractivity contribution in [2.45, 2.75) is 6.92 Å². The first kappa shape index (κ1) is 16.3. The summed E-state index contributed by atoms with van der Waals surface area (Å²) < 4.78 is 5.18. The van der Waals surface area contributed by atoms with E-state index in [0.29, 0.717) is 16.9 Å². The van der Waals surface area contributed by atoms with Gasteiger partial charge in [0.2, 0.25) is 0 Å². The molecule has 2 aromatic rings. The molecule has 0 saturated heterocycles. The molecule has 0 radical (unpaired) electrons. The van der Waals surface area contributed by atoms with Crippen molar-refractivity contribution in [3.05, 3.63) is 70.9 Å². The van der Waals surface area contributed by atoms with Crippen LogP contribution in [0.5, 0.6) is 5.75 Å². The standard InChI is InChI=1S/C18H17NO4/c1-12-7-9-13(10-8-12)17(20)19-15(18(21)22)11-14-5-3-4-6-16(14)23-2/h3-11H,1-2H3,(H,19,20)(H,21,22)/b15-11+. The topological polar surface area (TPSA) is 75.6 Å². The average molecular weight is 311 g/mol. The highest BCUT2D eigenvalue weighted by atomic mass is 16.5. The first-order chi connectivity index (χ1) is 11.0. The van der Waals surface area contributed by atoms with Gasteiger partial charge in [0, 0.05) is 11.1 Å². The quantitative estimate of drug-likeness (QED) is 0.833. The lowest BCUT2D eigenvalue weighted by molar-refractivity contribution is -0.132. The fourth-order valence-corrected chi connectivity index (χ4v) is 1.99. The van der Waals surface area contributed by atoms with Gasteiger partial charge in [0.25, 0.3) is 5.91 Å². The van der Waals surface area contributed by atoms with Crippen LogP contribution in [0.1, 0.15) is 21.5 Å². The third-order valence-corrected chi connectivity index (χ3v) is 3.23. The highest BCUT2D eigenvalue weighted by Crippen LogP contribution is 2.20. The van der Waals surface area contributed by atoms with E-state index in [2.05, 4.69) is 5.32 Å². The number of hydrogen-bond donors (Lipinski definition) is 2. The normalized spacial score (nSPS) is 11.0. The van der Waals surface area contributed by atoms with Gasteiger partial charge in [-0.3, -0.25) is 4.79 Å². The van der Waals surface area contributed by atoms with Gasteiger partial charge in [-0.15, -0.1) is 0 Å². The molecule has 0 heterocycles. The van der Waals surface area contributed by atoms with Gasteiger partial charge in [-0.25, -0.2) is 4.79 Å². The Kier molecular flexibility index (Phi) is 5.15. The second kappa shape index (κ2) is 7.26. The summed E-state index contributed by atoms with van der Waals surface area (Å²) in [7, 11) is 1.50. The average Bonchev–Trinajstić information content (AvgIpc) is 2.55. The molecule has 0 bridgehead atoms. The van der Waals surface area contributed by atoms with Crippen molar-refractivity contribution in [2.24, 2.45) is 0 Å². The Labute approximate surface area is 134 Å². The summed E-state index contributed by atoms with van der Waals surface area (Å²) in [5.41, 5.74) is 1.75. The maximum Gasteiger partial charge on any atom is 0.352 e. The molecule has 0 fully saturated rings. The summed E-state index contributed by atoms with van der Waals surface area (Å²) in [6.07, 6.45) is 1.37. The van der Waals surface area contributed by atoms with Crippen LogP contribution in [0.4, 0.5) is 0 Å². The van der Waals surface area contributed by atoms with E-state index in [9.17, 15) is 14.7 Å². The molecule has 0 aromatic heterocycles. The molecular formula is C18H17NO4. The molecule has 1 amide bonds. The molecule has 2 N–H and O–H groups in total. The van der Waals surface area contributed by atoms with Crippen LogP contribution in [0.25, 0.3) is 6.08 Å². The molecule has 0 aliphatic rings. The number of carbonyl (C=O) groups excluding carboxylic acids is 1. The van der Waals surface area contributed by atoms with Crippen molar-refractivity contribution < 1.29 is 19.4 Å². The van der Waals surface area contributed by atoms with Crippen molar-refractivity contribution in [1.29, 1.82) is 0 Å². The Morgan fingerprint density at radius 1 is 1.09 bits per heavy atom. The smallest absolute Gasteiger partial charge is 0.352 e. The minimum atomic E-state index is -1.23. The van der Waals surface area contributed by atoms with Crippen LogP contribution in [0.3, 0.4) is 0 Å². The van der Waals surface area contributed by atoms with Crippen LogP contribution in [0.15, 0.2) is 54.2 Å². The number of rotatable bonds is 5. The molecule has 0 aliphatic heterocycles. The molecule has 118 valence electrons. The highest BCUT2D eigenvalue weighted by Gasteiger charge is 2.14. The summed E-state index contributed by atoms with van der Waals surface area (Å²) in [6, 6.07) is 13.8. The molecule has 23 heavy (non-hydrogen) atoms. The number of aliphatic carboxylic acids is 1. The first-order valence-electron chi connectivity index (χ1n) is 6.97. The number of hydrogen-bond acceptors (Lipinski definition) is 3. The van der Waals surface area contributed by atoms with Crippen LogP contribution in [-0.4, -0.2) is 24.1 Å². The summed E-state index contributed by atoms with van der Waals surface area (Å²) in [4.78, 5) is 23.6. The fourth-order valence-electron chi connectivity index (χ4n) is 1.99. The van der Waals surface area contributed by atoms with E-state index >= 15 is 0 Å². The van der Waals surface area contributed by atoms with Crippen molar-refractivity contribution in [2.75, 3.05) is 7.11 Å². The Morgan fingerprint density at radius 2 is 1.74 bits per heavy atom. The van der Waals surface area contributed by atoms with E-state index in [-0.39, 0.29) is 5.70 Å². The maximum absolute atomic E-state index is 12.2. The van der Waals surface area contributed by atoms with Gasteiger partial charge in [-0.2, -0.15) is 0 Å². The lowest BCUT2D eigenvalue weighted by atomic mass is 10.1. The van der Waals surface area contributed by atoms with E-state index < -0.39 is 11.9 Å². The number of methoxy groups -OCH3 is 1. The Morgan fingerprint density at radius 3 is 2.35 bits per heavy atom. The number of amides is 1. The van der Waals surface area contributed by atoms with Crippen molar-refractivity contribution in [3.63, 3.8) is 0 Å². The Balaban J connectivity index is 2.28. The van der Waals surface area contributed by atoms with Crippen LogP contribution < -0.4 is 10.1 Å². The number of carboxylic acid groups (broad SMARTS) is 1. The lowest BCUT2D eigenvalue weighted by Gasteiger charge is -2.08. The molecule has 0 unspecified atom stereocenters. The summed E-state index contributed by atoms with van der Waals surface area (Å²) in [5.74, 6) is -1.18. The molecular weight excluding hydrogens is 294 g/mol. The predicted molar refractivity (Wildman–Crippen MR) is 87.3 cm³/mol. The van der Waals surface area contributed by atoms with E-state index in [4.69, 9.17) is 4.74 Å². The largest absolute Gasteiger partial charge is 0.496 e. The number of benzene rings is 2. The second-order valence-electron chi connectivity index (χ2n) is 4.93. The van der Waals surface area contributed by atoms with E-state index in [1.54, 1.807) is 48.5 Å². The first-order valence-corrected chi connectivity index (χ1v) is 6.97. The van der Waals surface area contributed by atoms with E-state index in [1.165, 1.54) is 13.2 Å². The van der Waals surface area contributed by atoms with Crippen molar-refractivity contribution >= 4 is 18.0 Å². The van der Waals surface area contributed by atoms with Gasteiger partial charge in [-0.1, -0.05) is 35.9 Å². The van der Waals surface area contributed by atoms with Crippen LogP contribution in [0, 0.1) is 6.92 Å². The number of carboxylic acids is 1. The lowest BCUT2D eigenvalue weighted by Crippen LogP contribution is -2.27. The fraction of sp³-hybridized carbons (Fsp3) is 0.111. The zero-order valence-electron chi connectivity index (χ0n) is 12.9. The molecule has 5 heteroatoms. The maximum atomic E-state index is 12.2. The van der Waals surface area contributed by atoms with Gasteiger partial charge in [-0.05, 0) is 31.2 Å². The molecule has 0 spiro atoms. The number of aryl methyl sites for hydroxylation is 1. The number of ether oxygens (including phenoxy) is 1. The van der Waals surface area contributed by atoms with Crippen LogP contribution in [0.2, 0.25) is 0 Å². The van der Waals surface area contributed by atoms with Gasteiger partial charge in [0.1, 0.15) is 11.4 Å². The van der Waals surface area contributed by atoms with E-state index in [0.717, 1.165) is 5.56 Å². The summed E-state index contributed by atoms with van der Waals surface area (Å²) in [6.45, 7) is 1.91. The zero-order valence-corrected chi connectivity index (χ0v) is 12.9. The van der Waals surface area contributed by atoms with Gasteiger partial charge >= 0.3 is 5.97 Å². The number of nitrogens with one attached hydrogen (secondary N) is 1. The molecule has 5 nitrogen and oxygen atoms in total. The highest BCUT2D eigenvalue weighted by molar-refractivity contribution is 6.02. The summed E-state index contributed by atoms with van der Waals surface area (Å²) >= 11 is 0. The number of carbonyl (C=O) groups is 2. The zero-order chi connectivity index (χ0) is 16.8.